The Labute approximate surface area is 167 Å². The van der Waals surface area contributed by atoms with Crippen LogP contribution in [0.5, 0.6) is 23.1 Å². The second-order valence-electron chi connectivity index (χ2n) is 6.26. The van der Waals surface area contributed by atoms with Gasteiger partial charge in [0.25, 0.3) is 0 Å². The summed E-state index contributed by atoms with van der Waals surface area (Å²) in [6.45, 7) is 1.96. The minimum absolute atomic E-state index is 0.0281. The molecule has 0 spiro atoms. The Bertz CT molecular complexity index is 1180. The number of para-hydroxylation sites is 2. The number of hydrogen-bond acceptors (Lipinski definition) is 5. The third-order valence-corrected chi connectivity index (χ3v) is 4.62. The molecule has 0 unspecified atom stereocenters. The lowest BCUT2D eigenvalue weighted by Gasteiger charge is -2.13. The van der Waals surface area contributed by atoms with Crippen LogP contribution in [-0.4, -0.2) is 22.2 Å². The number of rotatable bonds is 4. The zero-order valence-electron chi connectivity index (χ0n) is 15.3. The normalized spacial score (nSPS) is 10.8. The summed E-state index contributed by atoms with van der Waals surface area (Å²) in [6, 6.07) is 18.2. The van der Waals surface area contributed by atoms with Gasteiger partial charge in [-0.3, -0.25) is 0 Å². The predicted octanol–water partition coefficient (Wildman–Crippen LogP) is 5.77. The first-order chi connectivity index (χ1) is 13.6. The van der Waals surface area contributed by atoms with Crippen LogP contribution in [0.3, 0.4) is 0 Å². The van der Waals surface area contributed by atoms with Crippen LogP contribution < -0.4 is 9.47 Å². The molecule has 4 aromatic rings. The van der Waals surface area contributed by atoms with Gasteiger partial charge in [0.05, 0.1) is 28.6 Å². The lowest BCUT2D eigenvalue weighted by Crippen LogP contribution is -1.97. The van der Waals surface area contributed by atoms with Crippen molar-refractivity contribution in [1.29, 1.82) is 0 Å². The highest BCUT2D eigenvalue weighted by molar-refractivity contribution is 6.32. The van der Waals surface area contributed by atoms with Gasteiger partial charge in [0.2, 0.25) is 5.88 Å². The molecule has 140 valence electrons. The van der Waals surface area contributed by atoms with Crippen LogP contribution in [-0.2, 0) is 0 Å². The number of aromatic nitrogens is 2. The summed E-state index contributed by atoms with van der Waals surface area (Å²) in [7, 11) is 1.49. The molecule has 5 nitrogen and oxygen atoms in total. The van der Waals surface area contributed by atoms with Crippen LogP contribution in [0.25, 0.3) is 22.3 Å². The standard InChI is InChI=1S/C22H17ClN2O3/c1-13-10-11-18(16(23)12-13)28-22-14-6-3-4-8-17(14)24-21(25-22)15-7-5-9-19(27-2)20(15)26/h3-12,26H,1-2H3. The fourth-order valence-corrected chi connectivity index (χ4v) is 3.18. The van der Waals surface area contributed by atoms with Crippen LogP contribution in [0.4, 0.5) is 0 Å². The van der Waals surface area contributed by atoms with Crippen molar-refractivity contribution in [2.24, 2.45) is 0 Å². The van der Waals surface area contributed by atoms with Crippen molar-refractivity contribution in [2.75, 3.05) is 7.11 Å². The summed E-state index contributed by atoms with van der Waals surface area (Å²) < 4.78 is 11.2. The summed E-state index contributed by atoms with van der Waals surface area (Å²) in [4.78, 5) is 9.14. The molecule has 0 radical (unpaired) electrons. The Hall–Kier alpha value is -3.31. The second kappa shape index (κ2) is 7.37. The van der Waals surface area contributed by atoms with Gasteiger partial charge in [-0.2, -0.15) is 4.98 Å². The molecule has 0 saturated heterocycles. The summed E-state index contributed by atoms with van der Waals surface area (Å²) >= 11 is 6.33. The highest BCUT2D eigenvalue weighted by Crippen LogP contribution is 2.38. The number of halogens is 1. The molecule has 1 heterocycles. The maximum Gasteiger partial charge on any atom is 0.230 e. The number of benzene rings is 3. The monoisotopic (exact) mass is 392 g/mol. The Balaban J connectivity index is 1.89. The average molecular weight is 393 g/mol. The van der Waals surface area contributed by atoms with Gasteiger partial charge in [0.1, 0.15) is 5.75 Å². The molecule has 4 rings (SSSR count). The Kier molecular flexibility index (Phi) is 4.75. The van der Waals surface area contributed by atoms with E-state index in [9.17, 15) is 5.11 Å². The van der Waals surface area contributed by atoms with Crippen molar-refractivity contribution in [1.82, 2.24) is 9.97 Å². The number of aryl methyl sites for hydroxylation is 1. The first-order valence-electron chi connectivity index (χ1n) is 8.64. The number of fused-ring (bicyclic) bond motifs is 1. The molecule has 0 aliphatic heterocycles. The van der Waals surface area contributed by atoms with Gasteiger partial charge in [-0.1, -0.05) is 35.9 Å². The van der Waals surface area contributed by atoms with E-state index in [4.69, 9.17) is 21.1 Å². The smallest absolute Gasteiger partial charge is 0.230 e. The first-order valence-corrected chi connectivity index (χ1v) is 9.02. The van der Waals surface area contributed by atoms with E-state index in [-0.39, 0.29) is 5.75 Å². The zero-order valence-corrected chi connectivity index (χ0v) is 16.1. The van der Waals surface area contributed by atoms with Crippen molar-refractivity contribution in [2.45, 2.75) is 6.92 Å². The molecule has 0 fully saturated rings. The third kappa shape index (κ3) is 3.32. The lowest BCUT2D eigenvalue weighted by molar-refractivity contribution is 0.374. The van der Waals surface area contributed by atoms with Gasteiger partial charge >= 0.3 is 0 Å². The minimum Gasteiger partial charge on any atom is -0.504 e. The van der Waals surface area contributed by atoms with Crippen molar-refractivity contribution in [3.05, 3.63) is 71.2 Å². The molecule has 0 aliphatic rings. The summed E-state index contributed by atoms with van der Waals surface area (Å²) in [5.74, 6) is 1.50. The molecule has 3 aromatic carbocycles. The summed E-state index contributed by atoms with van der Waals surface area (Å²) in [5, 5.41) is 11.7. The Morgan fingerprint density at radius 2 is 1.75 bits per heavy atom. The first kappa shape index (κ1) is 18.1. The maximum atomic E-state index is 10.5. The van der Waals surface area contributed by atoms with Gasteiger partial charge in [-0.25, -0.2) is 4.98 Å². The van der Waals surface area contributed by atoms with E-state index in [1.807, 2.05) is 43.3 Å². The Morgan fingerprint density at radius 1 is 0.929 bits per heavy atom. The van der Waals surface area contributed by atoms with E-state index in [0.717, 1.165) is 10.9 Å². The minimum atomic E-state index is -0.0281. The number of phenols is 1. The molecule has 1 N–H and O–H groups in total. The van der Waals surface area contributed by atoms with E-state index >= 15 is 0 Å². The summed E-state index contributed by atoms with van der Waals surface area (Å²) in [5.41, 5.74) is 2.17. The molecule has 0 amide bonds. The predicted molar refractivity (Wildman–Crippen MR) is 109 cm³/mol. The third-order valence-electron chi connectivity index (χ3n) is 4.32. The van der Waals surface area contributed by atoms with Crippen molar-refractivity contribution >= 4 is 22.5 Å². The number of aromatic hydroxyl groups is 1. The largest absolute Gasteiger partial charge is 0.504 e. The number of hydrogen-bond donors (Lipinski definition) is 1. The quantitative estimate of drug-likeness (QED) is 0.478. The molecule has 28 heavy (non-hydrogen) atoms. The number of phenolic OH excluding ortho intramolecular Hbond substituents is 1. The van der Waals surface area contributed by atoms with Crippen molar-refractivity contribution < 1.29 is 14.6 Å². The number of ether oxygens (including phenoxy) is 2. The van der Waals surface area contributed by atoms with E-state index < -0.39 is 0 Å². The topological polar surface area (TPSA) is 64.5 Å². The summed E-state index contributed by atoms with van der Waals surface area (Å²) in [6.07, 6.45) is 0. The van der Waals surface area contributed by atoms with Crippen molar-refractivity contribution in [3.8, 4) is 34.5 Å². The number of methoxy groups -OCH3 is 1. The highest BCUT2D eigenvalue weighted by Gasteiger charge is 2.16. The van der Waals surface area contributed by atoms with Gasteiger partial charge in [-0.05, 0) is 48.9 Å². The van der Waals surface area contributed by atoms with Gasteiger partial charge < -0.3 is 14.6 Å². The average Bonchev–Trinajstić information content (AvgIpc) is 2.70. The highest BCUT2D eigenvalue weighted by atomic mass is 35.5. The van der Waals surface area contributed by atoms with Crippen LogP contribution in [0.2, 0.25) is 5.02 Å². The molecule has 0 bridgehead atoms. The van der Waals surface area contributed by atoms with E-state index in [2.05, 4.69) is 9.97 Å². The molecule has 6 heteroatoms. The lowest BCUT2D eigenvalue weighted by atomic mass is 10.1. The fraction of sp³-hybridized carbons (Fsp3) is 0.0909. The zero-order chi connectivity index (χ0) is 19.7. The fourth-order valence-electron chi connectivity index (χ4n) is 2.91. The van der Waals surface area contributed by atoms with E-state index in [1.54, 1.807) is 24.3 Å². The van der Waals surface area contributed by atoms with Crippen LogP contribution >= 0.6 is 11.6 Å². The molecule has 0 atom stereocenters. The second-order valence-corrected chi connectivity index (χ2v) is 6.67. The molecule has 1 aromatic heterocycles. The van der Waals surface area contributed by atoms with E-state index in [0.29, 0.717) is 39.3 Å². The number of nitrogens with zero attached hydrogens (tertiary/aromatic N) is 2. The Morgan fingerprint density at radius 3 is 2.54 bits per heavy atom. The van der Waals surface area contributed by atoms with Crippen molar-refractivity contribution in [3.63, 3.8) is 0 Å². The van der Waals surface area contributed by atoms with E-state index in [1.165, 1.54) is 7.11 Å². The van der Waals surface area contributed by atoms with Gasteiger partial charge in [-0.15, -0.1) is 0 Å². The molecule has 0 saturated carbocycles. The van der Waals surface area contributed by atoms with Crippen LogP contribution in [0, 0.1) is 6.92 Å². The molecule has 0 aliphatic carbocycles. The van der Waals surface area contributed by atoms with Gasteiger partial charge in [0.15, 0.2) is 17.3 Å². The maximum absolute atomic E-state index is 10.5. The van der Waals surface area contributed by atoms with Crippen LogP contribution in [0.1, 0.15) is 5.56 Å². The molecular weight excluding hydrogens is 376 g/mol. The van der Waals surface area contributed by atoms with Gasteiger partial charge in [0, 0.05) is 0 Å². The SMILES string of the molecule is COc1cccc(-c2nc(Oc3ccc(C)cc3Cl)c3ccccc3n2)c1O. The van der Waals surface area contributed by atoms with Crippen LogP contribution in [0.15, 0.2) is 60.7 Å². The molecular formula is C22H17ClN2O3.